The highest BCUT2D eigenvalue weighted by atomic mass is 35.5. The molecule has 3 nitrogen and oxygen atoms in total. The Kier molecular flexibility index (Phi) is 6.51. The van der Waals surface area contributed by atoms with Gasteiger partial charge in [-0.15, -0.1) is 0 Å². The minimum atomic E-state index is -0.201. The van der Waals surface area contributed by atoms with E-state index in [2.05, 4.69) is 10.6 Å². The number of para-hydroxylation sites is 2. The zero-order valence-electron chi connectivity index (χ0n) is 13.9. The number of anilines is 3. The summed E-state index contributed by atoms with van der Waals surface area (Å²) in [6, 6.07) is 17.6. The number of rotatable bonds is 5. The molecule has 0 spiro atoms. The van der Waals surface area contributed by atoms with Gasteiger partial charge >= 0.3 is 0 Å². The predicted octanol–water partition coefficient (Wildman–Crippen LogP) is 7.23. The summed E-state index contributed by atoms with van der Waals surface area (Å²) in [6.45, 7) is 0. The van der Waals surface area contributed by atoms with Crippen LogP contribution in [-0.2, 0) is 11.2 Å². The molecule has 0 aliphatic rings. The first-order valence-corrected chi connectivity index (χ1v) is 9.48. The molecule has 7 heteroatoms. The zero-order chi connectivity index (χ0) is 19.4. The Balaban J connectivity index is 1.78. The highest BCUT2D eigenvalue weighted by molar-refractivity contribution is 6.39. The Bertz CT molecular complexity index is 951. The van der Waals surface area contributed by atoms with Crippen molar-refractivity contribution in [2.24, 2.45) is 0 Å². The fourth-order valence-corrected chi connectivity index (χ4v) is 3.57. The first-order valence-electron chi connectivity index (χ1n) is 7.97. The fourth-order valence-electron chi connectivity index (χ4n) is 2.55. The van der Waals surface area contributed by atoms with Gasteiger partial charge in [-0.1, -0.05) is 70.7 Å². The van der Waals surface area contributed by atoms with Crippen molar-refractivity contribution in [2.45, 2.75) is 6.42 Å². The number of hydrogen-bond donors (Lipinski definition) is 2. The van der Waals surface area contributed by atoms with E-state index in [-0.39, 0.29) is 12.3 Å². The van der Waals surface area contributed by atoms with Crippen LogP contribution in [0.2, 0.25) is 20.1 Å². The molecule has 0 aliphatic heterocycles. The molecule has 0 saturated heterocycles. The van der Waals surface area contributed by atoms with Gasteiger partial charge in [-0.2, -0.15) is 0 Å². The van der Waals surface area contributed by atoms with Crippen molar-refractivity contribution in [3.63, 3.8) is 0 Å². The monoisotopic (exact) mass is 438 g/mol. The van der Waals surface area contributed by atoms with Crippen LogP contribution in [0.15, 0.2) is 60.7 Å². The minimum Gasteiger partial charge on any atom is -0.353 e. The summed E-state index contributed by atoms with van der Waals surface area (Å²) in [5.74, 6) is -0.201. The molecule has 1 amide bonds. The van der Waals surface area contributed by atoms with Crippen molar-refractivity contribution >= 4 is 69.4 Å². The molecule has 0 unspecified atom stereocenters. The van der Waals surface area contributed by atoms with Crippen LogP contribution in [-0.4, -0.2) is 5.91 Å². The van der Waals surface area contributed by atoms with Gasteiger partial charge < -0.3 is 10.6 Å². The summed E-state index contributed by atoms with van der Waals surface area (Å²) in [5, 5.41) is 7.90. The van der Waals surface area contributed by atoms with Crippen LogP contribution in [0.25, 0.3) is 0 Å². The largest absolute Gasteiger partial charge is 0.353 e. The molecule has 0 radical (unpaired) electrons. The second-order valence-electron chi connectivity index (χ2n) is 5.76. The van der Waals surface area contributed by atoms with Crippen LogP contribution < -0.4 is 10.6 Å². The molecule has 0 atom stereocenters. The topological polar surface area (TPSA) is 41.1 Å². The lowest BCUT2D eigenvalue weighted by Crippen LogP contribution is -2.15. The van der Waals surface area contributed by atoms with Crippen LogP contribution in [0.5, 0.6) is 0 Å². The highest BCUT2D eigenvalue weighted by Gasteiger charge is 2.12. The van der Waals surface area contributed by atoms with E-state index in [4.69, 9.17) is 46.4 Å². The van der Waals surface area contributed by atoms with Crippen LogP contribution in [0, 0.1) is 0 Å². The minimum absolute atomic E-state index is 0.148. The van der Waals surface area contributed by atoms with E-state index in [1.807, 2.05) is 24.3 Å². The zero-order valence-corrected chi connectivity index (χ0v) is 16.9. The Hall–Kier alpha value is -1.91. The van der Waals surface area contributed by atoms with E-state index in [1.165, 1.54) is 0 Å². The van der Waals surface area contributed by atoms with Gasteiger partial charge in [0.1, 0.15) is 0 Å². The third-order valence-electron chi connectivity index (χ3n) is 3.74. The lowest BCUT2D eigenvalue weighted by molar-refractivity contribution is -0.115. The summed E-state index contributed by atoms with van der Waals surface area (Å²) in [6.07, 6.45) is 0.148. The molecular formula is C20H14Cl4N2O. The first kappa shape index (κ1) is 19.8. The number of hydrogen-bond acceptors (Lipinski definition) is 2. The number of carbonyl (C=O) groups is 1. The van der Waals surface area contributed by atoms with E-state index in [0.29, 0.717) is 31.5 Å². The molecule has 0 aromatic heterocycles. The number of carbonyl (C=O) groups excluding carboxylic acids is 1. The molecule has 3 aromatic carbocycles. The van der Waals surface area contributed by atoms with Crippen molar-refractivity contribution in [1.82, 2.24) is 0 Å². The summed E-state index contributed by atoms with van der Waals surface area (Å²) < 4.78 is 0. The average molecular weight is 440 g/mol. The standard InChI is InChI=1S/C20H14Cl4N2O/c21-13-9-14(22)11-15(10-13)25-19(27)8-12-4-1-2-7-18(12)26-20-16(23)5-3-6-17(20)24/h1-7,9-11,26H,8H2,(H,25,27). The maximum Gasteiger partial charge on any atom is 0.228 e. The molecule has 2 N–H and O–H groups in total. The lowest BCUT2D eigenvalue weighted by atomic mass is 10.1. The van der Waals surface area contributed by atoms with E-state index >= 15 is 0 Å². The smallest absolute Gasteiger partial charge is 0.228 e. The average Bonchev–Trinajstić information content (AvgIpc) is 2.58. The number of nitrogens with one attached hydrogen (secondary N) is 2. The maximum absolute atomic E-state index is 12.5. The lowest BCUT2D eigenvalue weighted by Gasteiger charge is -2.14. The Morgan fingerprint density at radius 1 is 0.815 bits per heavy atom. The third-order valence-corrected chi connectivity index (χ3v) is 4.80. The molecule has 27 heavy (non-hydrogen) atoms. The third kappa shape index (κ3) is 5.30. The normalized spacial score (nSPS) is 10.5. The molecule has 3 rings (SSSR count). The molecule has 0 saturated carbocycles. The molecule has 0 fully saturated rings. The Labute approximate surface area is 177 Å². The van der Waals surface area contributed by atoms with Crippen molar-refractivity contribution in [3.8, 4) is 0 Å². The van der Waals surface area contributed by atoms with Crippen molar-refractivity contribution in [1.29, 1.82) is 0 Å². The van der Waals surface area contributed by atoms with E-state index in [9.17, 15) is 4.79 Å². The van der Waals surface area contributed by atoms with Gasteiger partial charge in [-0.05, 0) is 42.0 Å². The van der Waals surface area contributed by atoms with Crippen LogP contribution in [0.1, 0.15) is 5.56 Å². The van der Waals surface area contributed by atoms with Gasteiger partial charge in [-0.3, -0.25) is 4.79 Å². The Morgan fingerprint density at radius 2 is 1.44 bits per heavy atom. The molecule has 3 aromatic rings. The van der Waals surface area contributed by atoms with Crippen LogP contribution in [0.4, 0.5) is 17.1 Å². The predicted molar refractivity (Wildman–Crippen MR) is 115 cm³/mol. The van der Waals surface area contributed by atoms with Gasteiger partial charge in [0, 0.05) is 21.4 Å². The summed E-state index contributed by atoms with van der Waals surface area (Å²) in [7, 11) is 0. The summed E-state index contributed by atoms with van der Waals surface area (Å²) in [5.41, 5.74) is 2.67. The molecular weight excluding hydrogens is 426 g/mol. The van der Waals surface area contributed by atoms with Crippen molar-refractivity contribution < 1.29 is 4.79 Å². The molecule has 138 valence electrons. The van der Waals surface area contributed by atoms with Gasteiger partial charge in [0.05, 0.1) is 22.2 Å². The van der Waals surface area contributed by atoms with Crippen LogP contribution >= 0.6 is 46.4 Å². The van der Waals surface area contributed by atoms with E-state index in [1.54, 1.807) is 36.4 Å². The van der Waals surface area contributed by atoms with E-state index < -0.39 is 0 Å². The highest BCUT2D eigenvalue weighted by Crippen LogP contribution is 2.33. The number of amides is 1. The van der Waals surface area contributed by atoms with Gasteiger partial charge in [0.2, 0.25) is 5.91 Å². The number of benzene rings is 3. The second kappa shape index (κ2) is 8.85. The van der Waals surface area contributed by atoms with Gasteiger partial charge in [0.25, 0.3) is 0 Å². The SMILES string of the molecule is O=C(Cc1ccccc1Nc1c(Cl)cccc1Cl)Nc1cc(Cl)cc(Cl)c1. The van der Waals surface area contributed by atoms with Gasteiger partial charge in [0.15, 0.2) is 0 Å². The summed E-state index contributed by atoms with van der Waals surface area (Å²) in [4.78, 5) is 12.5. The van der Waals surface area contributed by atoms with Crippen LogP contribution in [0.3, 0.4) is 0 Å². The quantitative estimate of drug-likeness (QED) is 0.440. The molecule has 0 aliphatic carbocycles. The Morgan fingerprint density at radius 3 is 2.11 bits per heavy atom. The first-order chi connectivity index (χ1) is 12.9. The maximum atomic E-state index is 12.5. The van der Waals surface area contributed by atoms with E-state index in [0.717, 1.165) is 11.3 Å². The summed E-state index contributed by atoms with van der Waals surface area (Å²) >= 11 is 24.4. The number of halogens is 4. The molecule has 0 bridgehead atoms. The van der Waals surface area contributed by atoms with Gasteiger partial charge in [-0.25, -0.2) is 0 Å². The van der Waals surface area contributed by atoms with Crippen molar-refractivity contribution in [3.05, 3.63) is 86.3 Å². The second-order valence-corrected chi connectivity index (χ2v) is 7.45. The molecule has 0 heterocycles. The van der Waals surface area contributed by atoms with Crippen molar-refractivity contribution in [2.75, 3.05) is 10.6 Å². The fraction of sp³-hybridized carbons (Fsp3) is 0.0500.